The number of aryl methyl sites for hydroxylation is 1. The molecule has 1 heterocycles. The van der Waals surface area contributed by atoms with Crippen molar-refractivity contribution in [2.24, 2.45) is 0 Å². The molecule has 0 bridgehead atoms. The molecule has 0 aliphatic carbocycles. The number of hydrogen-bond donors (Lipinski definition) is 1. The van der Waals surface area contributed by atoms with Crippen molar-refractivity contribution in [1.29, 1.82) is 0 Å². The highest BCUT2D eigenvalue weighted by atomic mass is 32.1. The third-order valence-electron chi connectivity index (χ3n) is 1.85. The molecule has 0 aliphatic heterocycles. The first-order chi connectivity index (χ1) is 7.40. The van der Waals surface area contributed by atoms with Gasteiger partial charge in [-0.1, -0.05) is 0 Å². The van der Waals surface area contributed by atoms with E-state index >= 15 is 0 Å². The number of nitrogens with one attached hydrogen (secondary N) is 1. The van der Waals surface area contributed by atoms with E-state index in [0.29, 0.717) is 12.8 Å². The van der Waals surface area contributed by atoms with Crippen LogP contribution in [0.15, 0.2) is 5.38 Å². The zero-order chi connectivity index (χ0) is 12.2. The molecule has 5 heteroatoms. The van der Waals surface area contributed by atoms with Crippen LogP contribution in [0.3, 0.4) is 0 Å². The van der Waals surface area contributed by atoms with E-state index in [0.717, 1.165) is 10.8 Å². The Morgan fingerprint density at radius 3 is 2.81 bits per heavy atom. The van der Waals surface area contributed by atoms with E-state index in [1.165, 1.54) is 7.11 Å². The maximum absolute atomic E-state index is 11.0. The van der Waals surface area contributed by atoms with Gasteiger partial charge in [0.1, 0.15) is 0 Å². The number of anilines is 1. The zero-order valence-corrected chi connectivity index (χ0v) is 11.0. The summed E-state index contributed by atoms with van der Waals surface area (Å²) in [5.74, 6) is -0.196. The van der Waals surface area contributed by atoms with E-state index < -0.39 is 0 Å². The fourth-order valence-corrected chi connectivity index (χ4v) is 2.09. The lowest BCUT2D eigenvalue weighted by Crippen LogP contribution is -2.25. The van der Waals surface area contributed by atoms with Crippen LogP contribution in [0.4, 0.5) is 5.13 Å². The first kappa shape index (κ1) is 13.0. The molecule has 90 valence electrons. The van der Waals surface area contributed by atoms with Crippen LogP contribution in [-0.4, -0.2) is 23.6 Å². The molecule has 0 saturated carbocycles. The van der Waals surface area contributed by atoms with Crippen molar-refractivity contribution >= 4 is 22.4 Å². The summed E-state index contributed by atoms with van der Waals surface area (Å²) >= 11 is 1.56. The highest BCUT2D eigenvalue weighted by Gasteiger charge is 2.12. The number of carbonyl (C=O) groups is 1. The Balaban J connectivity index is 2.49. The first-order valence-corrected chi connectivity index (χ1v) is 6.08. The monoisotopic (exact) mass is 242 g/mol. The molecule has 0 saturated heterocycles. The van der Waals surface area contributed by atoms with Crippen LogP contribution in [0.2, 0.25) is 0 Å². The minimum atomic E-state index is -0.196. The average molecular weight is 242 g/mol. The third-order valence-corrected chi connectivity index (χ3v) is 2.65. The molecule has 0 radical (unpaired) electrons. The van der Waals surface area contributed by atoms with Gasteiger partial charge in [0.2, 0.25) is 0 Å². The molecule has 4 nitrogen and oxygen atoms in total. The SMILES string of the molecule is COC(=O)CCc1csc(NC(C)(C)C)n1. The third kappa shape index (κ3) is 4.61. The second-order valence-electron chi connectivity index (χ2n) is 4.60. The predicted octanol–water partition coefficient (Wildman–Crippen LogP) is 2.46. The molecule has 1 aromatic rings. The van der Waals surface area contributed by atoms with Gasteiger partial charge in [-0.2, -0.15) is 0 Å². The van der Waals surface area contributed by atoms with Crippen LogP contribution in [0, 0.1) is 0 Å². The van der Waals surface area contributed by atoms with E-state index in [-0.39, 0.29) is 11.5 Å². The number of esters is 1. The molecular weight excluding hydrogens is 224 g/mol. The molecule has 0 aromatic carbocycles. The van der Waals surface area contributed by atoms with E-state index in [9.17, 15) is 4.79 Å². The zero-order valence-electron chi connectivity index (χ0n) is 10.2. The van der Waals surface area contributed by atoms with Crippen LogP contribution < -0.4 is 5.32 Å². The summed E-state index contributed by atoms with van der Waals surface area (Å²) in [5, 5.41) is 6.16. The van der Waals surface area contributed by atoms with Gasteiger partial charge in [-0.25, -0.2) is 4.98 Å². The quantitative estimate of drug-likeness (QED) is 0.824. The van der Waals surface area contributed by atoms with Crippen LogP contribution in [0.5, 0.6) is 0 Å². The van der Waals surface area contributed by atoms with Crippen molar-refractivity contribution in [2.45, 2.75) is 39.2 Å². The van der Waals surface area contributed by atoms with Gasteiger partial charge in [-0.05, 0) is 20.8 Å². The molecular formula is C11H18N2O2S. The number of hydrogen-bond acceptors (Lipinski definition) is 5. The number of thiazole rings is 1. The van der Waals surface area contributed by atoms with E-state index in [4.69, 9.17) is 0 Å². The van der Waals surface area contributed by atoms with Crippen molar-refractivity contribution < 1.29 is 9.53 Å². The highest BCUT2D eigenvalue weighted by molar-refractivity contribution is 7.13. The van der Waals surface area contributed by atoms with Crippen molar-refractivity contribution in [3.8, 4) is 0 Å². The van der Waals surface area contributed by atoms with Gasteiger partial charge in [0, 0.05) is 17.3 Å². The van der Waals surface area contributed by atoms with Crippen LogP contribution >= 0.6 is 11.3 Å². The lowest BCUT2D eigenvalue weighted by Gasteiger charge is -2.19. The fraction of sp³-hybridized carbons (Fsp3) is 0.636. The largest absolute Gasteiger partial charge is 0.469 e. The lowest BCUT2D eigenvalue weighted by molar-refractivity contribution is -0.140. The molecule has 0 aliphatic rings. The summed E-state index contributed by atoms with van der Waals surface area (Å²) in [6.45, 7) is 6.26. The Kier molecular flexibility index (Phi) is 4.29. The average Bonchev–Trinajstić information content (AvgIpc) is 2.59. The Bertz CT molecular complexity index is 355. The number of nitrogens with zero attached hydrogens (tertiary/aromatic N) is 1. The number of aromatic nitrogens is 1. The molecule has 0 amide bonds. The normalized spacial score (nSPS) is 11.2. The van der Waals surface area contributed by atoms with Gasteiger partial charge in [-0.3, -0.25) is 4.79 Å². The van der Waals surface area contributed by atoms with Gasteiger partial charge in [0.15, 0.2) is 5.13 Å². The van der Waals surface area contributed by atoms with Gasteiger partial charge >= 0.3 is 5.97 Å². The summed E-state index contributed by atoms with van der Waals surface area (Å²) in [5.41, 5.74) is 0.944. The Hall–Kier alpha value is -1.10. The summed E-state index contributed by atoms with van der Waals surface area (Å²) in [7, 11) is 1.40. The number of rotatable bonds is 4. The smallest absolute Gasteiger partial charge is 0.305 e. The van der Waals surface area contributed by atoms with Crippen LogP contribution in [0.1, 0.15) is 32.9 Å². The van der Waals surface area contributed by atoms with Crippen LogP contribution in [0.25, 0.3) is 0 Å². The minimum absolute atomic E-state index is 0.0114. The maximum atomic E-state index is 11.0. The Morgan fingerprint density at radius 1 is 1.56 bits per heavy atom. The van der Waals surface area contributed by atoms with Crippen molar-refractivity contribution in [3.63, 3.8) is 0 Å². The van der Waals surface area contributed by atoms with Crippen molar-refractivity contribution in [3.05, 3.63) is 11.1 Å². The predicted molar refractivity (Wildman–Crippen MR) is 65.8 cm³/mol. The molecule has 0 unspecified atom stereocenters. The van der Waals surface area contributed by atoms with Gasteiger partial charge in [0.25, 0.3) is 0 Å². The van der Waals surface area contributed by atoms with Crippen LogP contribution in [-0.2, 0) is 16.0 Å². The maximum Gasteiger partial charge on any atom is 0.305 e. The second kappa shape index (κ2) is 5.30. The van der Waals surface area contributed by atoms with Gasteiger partial charge < -0.3 is 10.1 Å². The van der Waals surface area contributed by atoms with Gasteiger partial charge in [-0.15, -0.1) is 11.3 Å². The molecule has 1 aromatic heterocycles. The molecule has 1 rings (SSSR count). The number of carbonyl (C=O) groups excluding carboxylic acids is 1. The first-order valence-electron chi connectivity index (χ1n) is 5.20. The second-order valence-corrected chi connectivity index (χ2v) is 5.45. The molecule has 0 fully saturated rings. The lowest BCUT2D eigenvalue weighted by atomic mass is 10.1. The molecule has 16 heavy (non-hydrogen) atoms. The Morgan fingerprint density at radius 2 is 2.25 bits per heavy atom. The number of methoxy groups -OCH3 is 1. The fourth-order valence-electron chi connectivity index (χ4n) is 1.13. The van der Waals surface area contributed by atoms with E-state index in [2.05, 4.69) is 35.8 Å². The Labute approximate surface area is 100 Å². The standard InChI is InChI=1S/C11H18N2O2S/c1-11(2,3)13-10-12-8(7-16-10)5-6-9(14)15-4/h7H,5-6H2,1-4H3,(H,12,13). The molecule has 0 atom stereocenters. The van der Waals surface area contributed by atoms with Gasteiger partial charge in [0.05, 0.1) is 19.2 Å². The molecule has 0 spiro atoms. The minimum Gasteiger partial charge on any atom is -0.469 e. The number of ether oxygens (including phenoxy) is 1. The summed E-state index contributed by atoms with van der Waals surface area (Å²) in [6.07, 6.45) is 1.02. The summed E-state index contributed by atoms with van der Waals surface area (Å²) in [4.78, 5) is 15.4. The van der Waals surface area contributed by atoms with E-state index in [1.807, 2.05) is 5.38 Å². The summed E-state index contributed by atoms with van der Waals surface area (Å²) < 4.78 is 4.58. The van der Waals surface area contributed by atoms with Crippen molar-refractivity contribution in [1.82, 2.24) is 4.98 Å². The highest BCUT2D eigenvalue weighted by Crippen LogP contribution is 2.20. The van der Waals surface area contributed by atoms with Crippen molar-refractivity contribution in [2.75, 3.05) is 12.4 Å². The van der Waals surface area contributed by atoms with E-state index in [1.54, 1.807) is 11.3 Å². The topological polar surface area (TPSA) is 51.2 Å². The summed E-state index contributed by atoms with van der Waals surface area (Å²) in [6, 6.07) is 0. The molecule has 1 N–H and O–H groups in total.